The van der Waals surface area contributed by atoms with Crippen LogP contribution in [0, 0.1) is 22.7 Å². The van der Waals surface area contributed by atoms with Crippen molar-refractivity contribution in [2.45, 2.75) is 125 Å². The maximum absolute atomic E-state index is 13.4. The topological polar surface area (TPSA) is 137 Å². The van der Waals surface area contributed by atoms with E-state index in [2.05, 4.69) is 13.8 Å². The van der Waals surface area contributed by atoms with Crippen LogP contribution >= 0.6 is 0 Å². The summed E-state index contributed by atoms with van der Waals surface area (Å²) < 4.78 is 36.4. The first-order chi connectivity index (χ1) is 19.4. The molecular formula is C31H40O10. The van der Waals surface area contributed by atoms with Crippen LogP contribution in [0.4, 0.5) is 0 Å². The molecule has 7 fully saturated rings. The number of aliphatic hydroxyl groups is 2. The summed E-state index contributed by atoms with van der Waals surface area (Å²) in [6.45, 7) is 6.15. The lowest BCUT2D eigenvalue weighted by molar-refractivity contribution is -0.278. The van der Waals surface area contributed by atoms with Crippen LogP contribution in [-0.2, 0) is 28.5 Å². The molecule has 14 atom stereocenters. The number of Topliss-reactive ketones (excluding diaryl/α,β-unsaturated/α-hetero) is 1. The van der Waals surface area contributed by atoms with Crippen LogP contribution in [0.2, 0.25) is 0 Å². The van der Waals surface area contributed by atoms with E-state index in [1.807, 2.05) is 6.92 Å². The first kappa shape index (κ1) is 26.9. The van der Waals surface area contributed by atoms with Crippen molar-refractivity contribution < 1.29 is 43.1 Å². The standard InChI is InChI=1S/C31H40O10/c1-15-11-29(36-4)25(34)26(38-15)39-20-9-17-10-22-31(41-22)24(27(17,2)13-21(20)40-29)19(32)12-28(3)18(7-8-30(28,31)35)16-5-6-23(33)37-14-16/h5-6,14-15,17-22,24,26,32,35H,7-13H2,1-4H3. The van der Waals surface area contributed by atoms with Gasteiger partial charge in [-0.25, -0.2) is 4.79 Å². The summed E-state index contributed by atoms with van der Waals surface area (Å²) in [5.41, 5.74) is -2.69. The minimum absolute atomic E-state index is 0.0830. The van der Waals surface area contributed by atoms with Gasteiger partial charge in [-0.15, -0.1) is 0 Å². The van der Waals surface area contributed by atoms with Crippen LogP contribution in [0.5, 0.6) is 0 Å². The Morgan fingerprint density at radius 2 is 1.83 bits per heavy atom. The number of ketones is 1. The minimum atomic E-state index is -1.43. The number of rotatable bonds is 2. The highest BCUT2D eigenvalue weighted by Crippen LogP contribution is 2.78. The minimum Gasteiger partial charge on any atom is -0.431 e. The third kappa shape index (κ3) is 3.17. The Bertz CT molecular complexity index is 1330. The Balaban J connectivity index is 1.16. The average Bonchev–Trinajstić information content (AvgIpc) is 3.57. The second kappa shape index (κ2) is 8.28. The molecule has 1 aromatic heterocycles. The van der Waals surface area contributed by atoms with E-state index >= 15 is 0 Å². The molecule has 0 amide bonds. The lowest BCUT2D eigenvalue weighted by Crippen LogP contribution is -2.72. The summed E-state index contributed by atoms with van der Waals surface area (Å²) in [5.74, 6) is -2.02. The molecule has 0 aromatic carbocycles. The van der Waals surface area contributed by atoms with Gasteiger partial charge < -0.3 is 38.3 Å². The third-order valence-electron chi connectivity index (χ3n) is 12.7. The number of carbonyl (C=O) groups excluding carboxylic acids is 1. The molecule has 3 aliphatic heterocycles. The van der Waals surface area contributed by atoms with Crippen molar-refractivity contribution in [2.75, 3.05) is 7.11 Å². The van der Waals surface area contributed by atoms with Crippen molar-refractivity contribution in [1.82, 2.24) is 0 Å². The lowest BCUT2D eigenvalue weighted by atomic mass is 9.42. The highest BCUT2D eigenvalue weighted by molar-refractivity contribution is 5.90. The zero-order valence-corrected chi connectivity index (χ0v) is 24.0. The van der Waals surface area contributed by atoms with E-state index in [1.54, 1.807) is 6.07 Å². The molecule has 41 heavy (non-hydrogen) atoms. The fourth-order valence-corrected chi connectivity index (χ4v) is 10.9. The predicted octanol–water partition coefficient (Wildman–Crippen LogP) is 2.42. The molecule has 3 saturated heterocycles. The monoisotopic (exact) mass is 572 g/mol. The van der Waals surface area contributed by atoms with Gasteiger partial charge in [0, 0.05) is 30.9 Å². The lowest BCUT2D eigenvalue weighted by Gasteiger charge is -2.64. The fraction of sp³-hybridized carbons (Fsp3) is 0.806. The van der Waals surface area contributed by atoms with E-state index in [4.69, 9.17) is 28.1 Å². The second-order valence-electron chi connectivity index (χ2n) is 14.4. The number of ether oxygens (including phenoxy) is 5. The van der Waals surface area contributed by atoms with Crippen molar-refractivity contribution in [3.63, 3.8) is 0 Å². The first-order valence-corrected chi connectivity index (χ1v) is 15.2. The highest BCUT2D eigenvalue weighted by Gasteiger charge is 2.86. The largest absolute Gasteiger partial charge is 0.431 e. The van der Waals surface area contributed by atoms with Crippen LogP contribution in [0.15, 0.2) is 27.6 Å². The number of methoxy groups -OCH3 is 1. The Labute approximate surface area is 238 Å². The fourth-order valence-electron chi connectivity index (χ4n) is 10.9. The number of carbonyl (C=O) groups is 1. The van der Waals surface area contributed by atoms with E-state index in [1.165, 1.54) is 19.4 Å². The zero-order valence-electron chi connectivity index (χ0n) is 24.0. The number of hydrogen-bond donors (Lipinski definition) is 2. The zero-order chi connectivity index (χ0) is 28.7. The number of hydrogen-bond acceptors (Lipinski definition) is 10. The summed E-state index contributed by atoms with van der Waals surface area (Å²) in [5, 5.41) is 24.8. The van der Waals surface area contributed by atoms with Gasteiger partial charge in [-0.05, 0) is 74.3 Å². The maximum atomic E-state index is 13.4. The predicted molar refractivity (Wildman–Crippen MR) is 141 cm³/mol. The molecular weight excluding hydrogens is 532 g/mol. The number of aliphatic hydroxyl groups excluding tert-OH is 1. The summed E-state index contributed by atoms with van der Waals surface area (Å²) in [4.78, 5) is 25.0. The molecule has 10 heteroatoms. The van der Waals surface area contributed by atoms with Crippen molar-refractivity contribution in [2.24, 2.45) is 22.7 Å². The van der Waals surface area contributed by atoms with Crippen molar-refractivity contribution in [1.29, 1.82) is 0 Å². The second-order valence-corrected chi connectivity index (χ2v) is 14.4. The third-order valence-corrected chi connectivity index (χ3v) is 12.7. The molecule has 224 valence electrons. The molecule has 4 heterocycles. The maximum Gasteiger partial charge on any atom is 0.335 e. The molecule has 4 saturated carbocycles. The molecule has 0 radical (unpaired) electrons. The normalized spacial score (nSPS) is 56.9. The summed E-state index contributed by atoms with van der Waals surface area (Å²) in [7, 11) is 1.49. The molecule has 2 bridgehead atoms. The van der Waals surface area contributed by atoms with Crippen molar-refractivity contribution in [3.8, 4) is 0 Å². The van der Waals surface area contributed by atoms with Crippen molar-refractivity contribution in [3.05, 3.63) is 34.4 Å². The van der Waals surface area contributed by atoms with Gasteiger partial charge in [0.05, 0.1) is 36.8 Å². The molecule has 14 unspecified atom stereocenters. The van der Waals surface area contributed by atoms with Gasteiger partial charge >= 0.3 is 5.63 Å². The molecule has 1 spiro atoms. The summed E-state index contributed by atoms with van der Waals surface area (Å²) in [6.07, 6.45) is 2.36. The van der Waals surface area contributed by atoms with Gasteiger partial charge in [0.25, 0.3) is 0 Å². The van der Waals surface area contributed by atoms with Gasteiger partial charge in [0.1, 0.15) is 11.2 Å². The van der Waals surface area contributed by atoms with Gasteiger partial charge in [-0.1, -0.05) is 13.8 Å². The molecule has 7 aliphatic rings. The Hall–Kier alpha value is -1.66. The molecule has 2 N–H and O–H groups in total. The van der Waals surface area contributed by atoms with Crippen LogP contribution in [0.3, 0.4) is 0 Å². The molecule has 1 aromatic rings. The van der Waals surface area contributed by atoms with E-state index < -0.39 is 51.9 Å². The smallest absolute Gasteiger partial charge is 0.335 e. The Morgan fingerprint density at radius 3 is 2.56 bits per heavy atom. The van der Waals surface area contributed by atoms with Crippen LogP contribution < -0.4 is 5.63 Å². The summed E-state index contributed by atoms with van der Waals surface area (Å²) >= 11 is 0. The van der Waals surface area contributed by atoms with Crippen LogP contribution in [0.1, 0.15) is 77.2 Å². The van der Waals surface area contributed by atoms with Gasteiger partial charge in [0.2, 0.25) is 17.9 Å². The number of fused-ring (bicyclic) bond motifs is 6. The van der Waals surface area contributed by atoms with Gasteiger partial charge in [-0.3, -0.25) is 4.79 Å². The Morgan fingerprint density at radius 1 is 1.02 bits per heavy atom. The van der Waals surface area contributed by atoms with E-state index in [0.717, 1.165) is 12.0 Å². The van der Waals surface area contributed by atoms with E-state index in [-0.39, 0.29) is 48.3 Å². The van der Waals surface area contributed by atoms with Crippen LogP contribution in [0.25, 0.3) is 0 Å². The molecule has 4 aliphatic carbocycles. The molecule has 8 rings (SSSR count). The SMILES string of the molecule is COC12CC(C)OC(OC3CC4CC5OC56C(C(O)CC5(C)C(c7ccc(=O)oc7)CCC56O)C4(C)CC3O1)C2=O. The first-order valence-electron chi connectivity index (χ1n) is 15.2. The Kier molecular flexibility index (Phi) is 5.44. The van der Waals surface area contributed by atoms with Crippen LogP contribution in [-0.4, -0.2) is 76.9 Å². The molecule has 10 nitrogen and oxygen atoms in total. The number of epoxide rings is 1. The quantitative estimate of drug-likeness (QED) is 0.402. The highest BCUT2D eigenvalue weighted by atomic mass is 16.8. The summed E-state index contributed by atoms with van der Waals surface area (Å²) in [6, 6.07) is 3.20. The van der Waals surface area contributed by atoms with Crippen molar-refractivity contribution >= 4 is 5.78 Å². The van der Waals surface area contributed by atoms with Gasteiger partial charge in [0.15, 0.2) is 0 Å². The van der Waals surface area contributed by atoms with E-state index in [0.29, 0.717) is 32.1 Å². The average molecular weight is 573 g/mol. The van der Waals surface area contributed by atoms with Gasteiger partial charge in [-0.2, -0.15) is 0 Å². The van der Waals surface area contributed by atoms with E-state index in [9.17, 15) is 19.8 Å².